The molecule has 0 fully saturated rings. The van der Waals surface area contributed by atoms with Crippen LogP contribution in [0.25, 0.3) is 0 Å². The molecule has 0 unspecified atom stereocenters. The topological polar surface area (TPSA) is 46.2 Å². The fourth-order valence-electron chi connectivity index (χ4n) is 0.881. The summed E-state index contributed by atoms with van der Waals surface area (Å²) in [5.74, 6) is -1.99. The lowest BCUT2D eigenvalue weighted by Crippen LogP contribution is -2.23. The van der Waals surface area contributed by atoms with Crippen molar-refractivity contribution in [1.29, 1.82) is 0 Å². The van der Waals surface area contributed by atoms with Gasteiger partial charge in [0, 0.05) is 6.54 Å². The van der Waals surface area contributed by atoms with E-state index in [1.807, 2.05) is 0 Å². The van der Waals surface area contributed by atoms with E-state index in [4.69, 9.17) is 11.6 Å². The van der Waals surface area contributed by atoms with Crippen molar-refractivity contribution in [2.75, 3.05) is 5.21 Å². The molecule has 1 aromatic rings. The van der Waals surface area contributed by atoms with Gasteiger partial charge in [0.15, 0.2) is 11.6 Å². The van der Waals surface area contributed by atoms with E-state index in [-0.39, 0.29) is 6.54 Å². The molecule has 0 heterocycles. The number of benzene rings is 1. The smallest absolute Gasteiger partial charge is 0.211 e. The summed E-state index contributed by atoms with van der Waals surface area (Å²) in [5, 5.41) is -0.573. The van der Waals surface area contributed by atoms with Crippen LogP contribution in [-0.2, 0) is 16.6 Å². The first-order valence-corrected chi connectivity index (χ1v) is 6.10. The van der Waals surface area contributed by atoms with Crippen LogP contribution >= 0.6 is 11.6 Å². The zero-order valence-corrected chi connectivity index (χ0v) is 9.08. The molecule has 0 spiro atoms. The molecule has 1 rings (SSSR count). The first-order valence-electron chi connectivity index (χ1n) is 3.92. The van der Waals surface area contributed by atoms with E-state index in [0.717, 1.165) is 12.1 Å². The summed E-state index contributed by atoms with van der Waals surface area (Å²) in [6, 6.07) is 3.14. The van der Waals surface area contributed by atoms with Crippen LogP contribution in [0.1, 0.15) is 5.56 Å². The van der Waals surface area contributed by atoms with Gasteiger partial charge in [-0.2, -0.15) is 0 Å². The number of nitrogens with one attached hydrogen (secondary N) is 1. The van der Waals surface area contributed by atoms with Crippen molar-refractivity contribution in [3.8, 4) is 0 Å². The highest BCUT2D eigenvalue weighted by atomic mass is 35.5. The van der Waals surface area contributed by atoms with E-state index >= 15 is 0 Å². The van der Waals surface area contributed by atoms with Crippen LogP contribution in [-0.4, -0.2) is 13.6 Å². The van der Waals surface area contributed by atoms with Crippen LogP contribution in [0.4, 0.5) is 8.78 Å². The third-order valence-electron chi connectivity index (χ3n) is 1.62. The lowest BCUT2D eigenvalue weighted by atomic mass is 10.2. The molecule has 1 aromatic carbocycles. The van der Waals surface area contributed by atoms with Crippen molar-refractivity contribution in [2.24, 2.45) is 0 Å². The molecule has 0 bridgehead atoms. The van der Waals surface area contributed by atoms with Crippen molar-refractivity contribution in [3.63, 3.8) is 0 Å². The molecular weight excluding hydrogens is 248 g/mol. The number of rotatable bonds is 4. The minimum Gasteiger partial charge on any atom is -0.211 e. The summed E-state index contributed by atoms with van der Waals surface area (Å²) in [5.41, 5.74) is 0.322. The molecule has 0 atom stereocenters. The molecular formula is C8H8ClF2NO2S. The molecule has 15 heavy (non-hydrogen) atoms. The van der Waals surface area contributed by atoms with Crippen LogP contribution in [0.3, 0.4) is 0 Å². The molecule has 3 nitrogen and oxygen atoms in total. The molecule has 0 aliphatic carbocycles. The van der Waals surface area contributed by atoms with Gasteiger partial charge in [-0.15, -0.1) is 11.6 Å². The van der Waals surface area contributed by atoms with Crippen molar-refractivity contribution < 1.29 is 17.2 Å². The Hall–Kier alpha value is -0.720. The second-order valence-electron chi connectivity index (χ2n) is 2.79. The largest absolute Gasteiger partial charge is 0.225 e. The van der Waals surface area contributed by atoms with E-state index in [2.05, 4.69) is 4.72 Å². The quantitative estimate of drug-likeness (QED) is 0.831. The monoisotopic (exact) mass is 255 g/mol. The Labute approximate surface area is 91.1 Å². The lowest BCUT2D eigenvalue weighted by molar-refractivity contribution is 0.506. The second kappa shape index (κ2) is 4.87. The number of hydrogen-bond acceptors (Lipinski definition) is 2. The first-order chi connectivity index (χ1) is 6.94. The van der Waals surface area contributed by atoms with Crippen LogP contribution in [0.5, 0.6) is 0 Å². The maximum Gasteiger partial charge on any atom is 0.225 e. The van der Waals surface area contributed by atoms with Crippen LogP contribution < -0.4 is 4.72 Å². The summed E-state index contributed by atoms with van der Waals surface area (Å²) in [6.45, 7) is -0.119. The zero-order chi connectivity index (χ0) is 11.5. The lowest BCUT2D eigenvalue weighted by Gasteiger charge is -2.04. The van der Waals surface area contributed by atoms with Gasteiger partial charge in [0.2, 0.25) is 10.0 Å². The van der Waals surface area contributed by atoms with Gasteiger partial charge >= 0.3 is 0 Å². The van der Waals surface area contributed by atoms with Crippen molar-refractivity contribution >= 4 is 21.6 Å². The van der Waals surface area contributed by atoms with Gasteiger partial charge in [-0.1, -0.05) is 6.07 Å². The minimum absolute atomic E-state index is 0.119. The van der Waals surface area contributed by atoms with Crippen LogP contribution in [0.2, 0.25) is 0 Å². The van der Waals surface area contributed by atoms with Gasteiger partial charge in [0.1, 0.15) is 5.21 Å². The molecule has 0 aromatic heterocycles. The Kier molecular flexibility index (Phi) is 4.01. The fraction of sp³-hybridized carbons (Fsp3) is 0.250. The predicted octanol–water partition coefficient (Wildman–Crippen LogP) is 1.58. The van der Waals surface area contributed by atoms with Crippen molar-refractivity contribution in [3.05, 3.63) is 35.4 Å². The highest BCUT2D eigenvalue weighted by molar-refractivity contribution is 7.90. The maximum atomic E-state index is 12.7. The van der Waals surface area contributed by atoms with Crippen LogP contribution in [0.15, 0.2) is 18.2 Å². The molecule has 84 valence electrons. The molecule has 1 N–H and O–H groups in total. The van der Waals surface area contributed by atoms with Crippen LogP contribution in [0, 0.1) is 11.6 Å². The highest BCUT2D eigenvalue weighted by Gasteiger charge is 2.08. The number of halogens is 3. The zero-order valence-electron chi connectivity index (χ0n) is 7.50. The number of hydrogen-bond donors (Lipinski definition) is 1. The Morgan fingerprint density at radius 2 is 1.93 bits per heavy atom. The third-order valence-corrected chi connectivity index (χ3v) is 3.36. The minimum atomic E-state index is -3.54. The molecule has 0 aliphatic rings. The standard InChI is InChI=1S/C8H8ClF2NO2S/c9-5-15(13,14)12-4-6-1-2-7(10)8(11)3-6/h1-3,12H,4-5H2. The molecule has 0 radical (unpaired) electrons. The van der Waals surface area contributed by atoms with E-state index in [1.54, 1.807) is 0 Å². The van der Waals surface area contributed by atoms with Gasteiger partial charge in [-0.25, -0.2) is 21.9 Å². The predicted molar refractivity (Wildman–Crippen MR) is 52.8 cm³/mol. The highest BCUT2D eigenvalue weighted by Crippen LogP contribution is 2.08. The summed E-state index contributed by atoms with van der Waals surface area (Å²) in [6.07, 6.45) is 0. The SMILES string of the molecule is O=S(=O)(CCl)NCc1ccc(F)c(F)c1. The van der Waals surface area contributed by atoms with E-state index in [9.17, 15) is 17.2 Å². The average Bonchev–Trinajstić information content (AvgIpc) is 2.20. The molecule has 0 amide bonds. The van der Waals surface area contributed by atoms with Gasteiger partial charge < -0.3 is 0 Å². The van der Waals surface area contributed by atoms with Gasteiger partial charge in [0.25, 0.3) is 0 Å². The van der Waals surface area contributed by atoms with E-state index < -0.39 is 26.9 Å². The Balaban J connectivity index is 2.71. The summed E-state index contributed by atoms with van der Waals surface area (Å²) >= 11 is 5.13. The summed E-state index contributed by atoms with van der Waals surface area (Å²) in [4.78, 5) is 0. The fourth-order valence-corrected chi connectivity index (χ4v) is 1.58. The van der Waals surface area contributed by atoms with Gasteiger partial charge in [-0.05, 0) is 17.7 Å². The molecule has 0 saturated carbocycles. The number of sulfonamides is 1. The van der Waals surface area contributed by atoms with E-state index in [0.29, 0.717) is 5.56 Å². The second-order valence-corrected chi connectivity index (χ2v) is 5.18. The third kappa shape index (κ3) is 3.73. The number of alkyl halides is 1. The van der Waals surface area contributed by atoms with Gasteiger partial charge in [-0.3, -0.25) is 0 Å². The van der Waals surface area contributed by atoms with Crippen molar-refractivity contribution in [1.82, 2.24) is 4.72 Å². The Morgan fingerprint density at radius 3 is 2.47 bits per heavy atom. The maximum absolute atomic E-state index is 12.7. The normalized spacial score (nSPS) is 11.7. The van der Waals surface area contributed by atoms with E-state index in [1.165, 1.54) is 6.07 Å². The first kappa shape index (κ1) is 12.4. The Morgan fingerprint density at radius 1 is 1.27 bits per heavy atom. The average molecular weight is 256 g/mol. The van der Waals surface area contributed by atoms with Crippen molar-refractivity contribution in [2.45, 2.75) is 6.54 Å². The Bertz CT molecular complexity index is 450. The molecule has 7 heteroatoms. The molecule has 0 saturated heterocycles. The summed E-state index contributed by atoms with van der Waals surface area (Å²) < 4.78 is 49.2. The summed E-state index contributed by atoms with van der Waals surface area (Å²) in [7, 11) is -3.54. The van der Waals surface area contributed by atoms with Gasteiger partial charge in [0.05, 0.1) is 0 Å². The molecule has 0 aliphatic heterocycles.